The Labute approximate surface area is 171 Å². The second kappa shape index (κ2) is 8.39. The van der Waals surface area contributed by atoms with Gasteiger partial charge in [0, 0.05) is 30.0 Å². The van der Waals surface area contributed by atoms with Crippen molar-refractivity contribution in [3.8, 4) is 0 Å². The summed E-state index contributed by atoms with van der Waals surface area (Å²) >= 11 is 3.38. The maximum Gasteiger partial charge on any atom is 0.295 e. The van der Waals surface area contributed by atoms with Gasteiger partial charge in [0.05, 0.1) is 11.6 Å². The maximum atomic E-state index is 12.8. The monoisotopic (exact) mass is 442 g/mol. The third-order valence-electron chi connectivity index (χ3n) is 4.50. The van der Waals surface area contributed by atoms with E-state index in [2.05, 4.69) is 21.2 Å². The van der Waals surface area contributed by atoms with Gasteiger partial charge in [-0.1, -0.05) is 58.4 Å². The number of rotatable bonds is 5. The van der Waals surface area contributed by atoms with Gasteiger partial charge in [-0.05, 0) is 17.7 Å². The van der Waals surface area contributed by atoms with E-state index >= 15 is 0 Å². The van der Waals surface area contributed by atoms with E-state index in [0.717, 1.165) is 4.47 Å². The Morgan fingerprint density at radius 2 is 1.75 bits per heavy atom. The summed E-state index contributed by atoms with van der Waals surface area (Å²) in [5.74, 6) is -1.87. The van der Waals surface area contributed by atoms with Crippen LogP contribution in [0.3, 0.4) is 0 Å². The molecule has 2 N–H and O–H groups in total. The number of carbonyl (C=O) groups is 3. The molecule has 1 unspecified atom stereocenters. The first-order valence-electron chi connectivity index (χ1n) is 8.74. The Balaban J connectivity index is 2.08. The zero-order valence-electron chi connectivity index (χ0n) is 15.2. The smallest absolute Gasteiger partial charge is 0.295 e. The highest BCUT2D eigenvalue weighted by Crippen LogP contribution is 2.39. The number of likely N-dealkylation sites (tertiary alicyclic amines) is 1. The molecule has 0 radical (unpaired) electrons. The van der Waals surface area contributed by atoms with E-state index in [1.165, 1.54) is 11.8 Å². The standard InChI is InChI=1S/C21H19BrN2O4/c1-13(25)23-11-12-24-18(14-7-9-16(22)10-8-14)17(20(27)21(24)28)19(26)15-5-3-2-4-6-15/h2-10,18,26H,11-12H2,1H3,(H,23,25)/b19-17-. The number of nitrogens with zero attached hydrogens (tertiary/aromatic N) is 1. The van der Waals surface area contributed by atoms with Crippen LogP contribution in [0.25, 0.3) is 5.76 Å². The van der Waals surface area contributed by atoms with Crippen LogP contribution in [0.2, 0.25) is 0 Å². The quantitative estimate of drug-likeness (QED) is 0.423. The van der Waals surface area contributed by atoms with Crippen molar-refractivity contribution in [2.24, 2.45) is 0 Å². The molecule has 2 amide bonds. The SMILES string of the molecule is CC(=O)NCCN1C(=O)C(=O)/C(=C(\O)c2ccccc2)C1c1ccc(Br)cc1. The minimum absolute atomic E-state index is 0.0429. The molecule has 1 aliphatic heterocycles. The summed E-state index contributed by atoms with van der Waals surface area (Å²) in [6.07, 6.45) is 0. The number of Topliss-reactive ketones (excluding diaryl/α,β-unsaturated/α-hetero) is 1. The van der Waals surface area contributed by atoms with Crippen LogP contribution in [-0.2, 0) is 14.4 Å². The maximum absolute atomic E-state index is 12.8. The van der Waals surface area contributed by atoms with Gasteiger partial charge in [-0.2, -0.15) is 0 Å². The van der Waals surface area contributed by atoms with Crippen LogP contribution in [0, 0.1) is 0 Å². The molecule has 0 bridgehead atoms. The molecule has 2 aromatic rings. The number of amides is 2. The molecule has 6 nitrogen and oxygen atoms in total. The number of ketones is 1. The number of carbonyl (C=O) groups excluding carboxylic acids is 3. The first kappa shape index (κ1) is 19.8. The topological polar surface area (TPSA) is 86.7 Å². The Bertz CT molecular complexity index is 939. The second-order valence-corrected chi connectivity index (χ2v) is 7.31. The number of aliphatic hydroxyl groups excluding tert-OH is 1. The largest absolute Gasteiger partial charge is 0.507 e. The lowest BCUT2D eigenvalue weighted by molar-refractivity contribution is -0.139. The summed E-state index contributed by atoms with van der Waals surface area (Å²) in [7, 11) is 0. The van der Waals surface area contributed by atoms with Crippen LogP contribution in [0.15, 0.2) is 64.6 Å². The van der Waals surface area contributed by atoms with Crippen molar-refractivity contribution < 1.29 is 19.5 Å². The minimum atomic E-state index is -0.739. The Hall–Kier alpha value is -2.93. The molecule has 0 aromatic heterocycles. The predicted octanol–water partition coefficient (Wildman–Crippen LogP) is 3.01. The molecule has 1 atom stereocenters. The number of halogens is 1. The zero-order chi connectivity index (χ0) is 20.3. The van der Waals surface area contributed by atoms with E-state index in [1.807, 2.05) is 12.1 Å². The van der Waals surface area contributed by atoms with Gasteiger partial charge in [0.15, 0.2) is 0 Å². The Morgan fingerprint density at radius 3 is 2.36 bits per heavy atom. The molecule has 0 spiro atoms. The van der Waals surface area contributed by atoms with Gasteiger partial charge < -0.3 is 15.3 Å². The van der Waals surface area contributed by atoms with Gasteiger partial charge >= 0.3 is 0 Å². The first-order valence-corrected chi connectivity index (χ1v) is 9.53. The molecule has 28 heavy (non-hydrogen) atoms. The van der Waals surface area contributed by atoms with Crippen LogP contribution < -0.4 is 5.32 Å². The lowest BCUT2D eigenvalue weighted by atomic mass is 9.95. The summed E-state index contributed by atoms with van der Waals surface area (Å²) in [5, 5.41) is 13.5. The molecule has 0 saturated carbocycles. The molecule has 1 fully saturated rings. The van der Waals surface area contributed by atoms with Crippen molar-refractivity contribution in [2.75, 3.05) is 13.1 Å². The van der Waals surface area contributed by atoms with E-state index in [1.54, 1.807) is 42.5 Å². The van der Waals surface area contributed by atoms with Crippen LogP contribution in [0.5, 0.6) is 0 Å². The van der Waals surface area contributed by atoms with Crippen molar-refractivity contribution in [3.63, 3.8) is 0 Å². The molecule has 3 rings (SSSR count). The molecule has 1 heterocycles. The fraction of sp³-hybridized carbons (Fsp3) is 0.190. The number of benzene rings is 2. The van der Waals surface area contributed by atoms with Crippen LogP contribution >= 0.6 is 15.9 Å². The van der Waals surface area contributed by atoms with E-state index in [4.69, 9.17) is 0 Å². The summed E-state index contributed by atoms with van der Waals surface area (Å²) in [5.41, 5.74) is 1.20. The van der Waals surface area contributed by atoms with Gasteiger partial charge in [-0.25, -0.2) is 0 Å². The van der Waals surface area contributed by atoms with Gasteiger partial charge in [-0.15, -0.1) is 0 Å². The van der Waals surface area contributed by atoms with Crippen LogP contribution in [0.1, 0.15) is 24.1 Å². The zero-order valence-corrected chi connectivity index (χ0v) is 16.8. The molecule has 1 saturated heterocycles. The molecule has 7 heteroatoms. The lowest BCUT2D eigenvalue weighted by Crippen LogP contribution is -2.37. The molecule has 0 aliphatic carbocycles. The average molecular weight is 443 g/mol. The highest BCUT2D eigenvalue weighted by Gasteiger charge is 2.45. The van der Waals surface area contributed by atoms with Crippen molar-refractivity contribution in [3.05, 3.63) is 75.8 Å². The van der Waals surface area contributed by atoms with Gasteiger partial charge in [0.25, 0.3) is 11.7 Å². The first-order chi connectivity index (χ1) is 13.4. The number of hydrogen-bond donors (Lipinski definition) is 2. The van der Waals surface area contributed by atoms with Crippen LogP contribution in [0.4, 0.5) is 0 Å². The minimum Gasteiger partial charge on any atom is -0.507 e. The fourth-order valence-electron chi connectivity index (χ4n) is 3.21. The highest BCUT2D eigenvalue weighted by atomic mass is 79.9. The normalized spacial score (nSPS) is 18.4. The molecule has 1 aliphatic rings. The van der Waals surface area contributed by atoms with Crippen molar-refractivity contribution in [1.82, 2.24) is 10.2 Å². The molecule has 144 valence electrons. The molecular formula is C21H19BrN2O4. The summed E-state index contributed by atoms with van der Waals surface area (Å²) in [4.78, 5) is 38.0. The van der Waals surface area contributed by atoms with E-state index in [9.17, 15) is 19.5 Å². The molecular weight excluding hydrogens is 424 g/mol. The van der Waals surface area contributed by atoms with E-state index < -0.39 is 17.7 Å². The van der Waals surface area contributed by atoms with Crippen molar-refractivity contribution in [1.29, 1.82) is 0 Å². The van der Waals surface area contributed by atoms with E-state index in [0.29, 0.717) is 11.1 Å². The van der Waals surface area contributed by atoms with E-state index in [-0.39, 0.29) is 30.3 Å². The lowest BCUT2D eigenvalue weighted by Gasteiger charge is -2.25. The number of hydrogen-bond acceptors (Lipinski definition) is 4. The Morgan fingerprint density at radius 1 is 1.11 bits per heavy atom. The summed E-state index contributed by atoms with van der Waals surface area (Å²) < 4.78 is 0.856. The number of nitrogens with one attached hydrogen (secondary N) is 1. The van der Waals surface area contributed by atoms with Crippen LogP contribution in [-0.4, -0.2) is 40.7 Å². The second-order valence-electron chi connectivity index (χ2n) is 6.39. The van der Waals surface area contributed by atoms with Crippen molar-refractivity contribution >= 4 is 39.3 Å². The Kier molecular flexibility index (Phi) is 5.94. The molecule has 2 aromatic carbocycles. The fourth-order valence-corrected chi connectivity index (χ4v) is 3.47. The van der Waals surface area contributed by atoms with Gasteiger partial charge in [-0.3, -0.25) is 14.4 Å². The summed E-state index contributed by atoms with van der Waals surface area (Å²) in [6, 6.07) is 15.1. The number of aliphatic hydroxyl groups is 1. The summed E-state index contributed by atoms with van der Waals surface area (Å²) in [6.45, 7) is 1.74. The highest BCUT2D eigenvalue weighted by molar-refractivity contribution is 9.10. The van der Waals surface area contributed by atoms with Gasteiger partial charge in [0.1, 0.15) is 5.76 Å². The van der Waals surface area contributed by atoms with Gasteiger partial charge in [0.2, 0.25) is 5.91 Å². The predicted molar refractivity (Wildman–Crippen MR) is 108 cm³/mol. The third kappa shape index (κ3) is 3.99. The van der Waals surface area contributed by atoms with Crippen molar-refractivity contribution in [2.45, 2.75) is 13.0 Å². The third-order valence-corrected chi connectivity index (χ3v) is 5.03. The average Bonchev–Trinajstić information content (AvgIpc) is 2.93.